The van der Waals surface area contributed by atoms with E-state index in [0.717, 1.165) is 30.2 Å². The predicted molar refractivity (Wildman–Crippen MR) is 160 cm³/mol. The van der Waals surface area contributed by atoms with E-state index in [4.69, 9.17) is 33.7 Å². The molecule has 244 valence electrons. The molecule has 0 unspecified atom stereocenters. The molecular formula is C30H38F2N6O6S. The van der Waals surface area contributed by atoms with Crippen molar-refractivity contribution in [1.82, 2.24) is 25.0 Å². The molecule has 2 aromatic heterocycles. The number of aromatic nitrogens is 5. The molecule has 1 aromatic carbocycles. The van der Waals surface area contributed by atoms with E-state index in [0.29, 0.717) is 35.2 Å². The summed E-state index contributed by atoms with van der Waals surface area (Å²) < 4.78 is 58.2. The van der Waals surface area contributed by atoms with Crippen LogP contribution in [0.3, 0.4) is 0 Å². The van der Waals surface area contributed by atoms with Crippen molar-refractivity contribution in [2.75, 3.05) is 37.5 Å². The number of hydrogen-bond donors (Lipinski definition) is 1. The van der Waals surface area contributed by atoms with Crippen molar-refractivity contribution in [3.05, 3.63) is 35.4 Å². The Kier molecular flexibility index (Phi) is 9.52. The first kappa shape index (κ1) is 32.0. The van der Waals surface area contributed by atoms with Gasteiger partial charge in [0.15, 0.2) is 39.6 Å². The third-order valence-corrected chi connectivity index (χ3v) is 9.06. The summed E-state index contributed by atoms with van der Waals surface area (Å²) in [5, 5.41) is 13.1. The van der Waals surface area contributed by atoms with Crippen LogP contribution < -0.4 is 5.32 Å². The second-order valence-electron chi connectivity index (χ2n) is 11.8. The smallest absolute Gasteiger partial charge is 0.332 e. The number of fused-ring (bicyclic) bond motifs is 2. The van der Waals surface area contributed by atoms with Gasteiger partial charge in [0.1, 0.15) is 18.8 Å². The molecule has 2 aliphatic carbocycles. The molecule has 2 saturated carbocycles. The first-order valence-electron chi connectivity index (χ1n) is 15.3. The molecule has 3 aromatic rings. The van der Waals surface area contributed by atoms with Gasteiger partial charge in [0.2, 0.25) is 0 Å². The normalized spacial score (nSPS) is 26.7. The van der Waals surface area contributed by atoms with Gasteiger partial charge in [-0.1, -0.05) is 30.0 Å². The standard InChI is InChI=1S/C30H38F2N6O6S/c1-5-11-45-29-34-27(33-20-13-17(20)16-7-8-18(31)19(32)12-16)24-28(35-29)38(37-36-24)21-14-22(26-25(21)43-30(3,4)44-26)42-10-9-40-15-23(39)41-6-2/h7-8,12,17,20-22,25-26H,5-6,9-11,13-15H2,1-4H3,(H,33,34,35)/t17-,20+,21+,22-,25-,26+/m0/s1. The van der Waals surface area contributed by atoms with Crippen molar-refractivity contribution in [2.45, 2.75) is 94.2 Å². The molecule has 15 heteroatoms. The number of anilines is 1. The highest BCUT2D eigenvalue weighted by molar-refractivity contribution is 7.99. The number of carbonyl (C=O) groups excluding carboxylic acids is 1. The molecule has 0 radical (unpaired) electrons. The molecule has 3 fully saturated rings. The molecule has 0 spiro atoms. The van der Waals surface area contributed by atoms with Crippen LogP contribution in [0.5, 0.6) is 0 Å². The first-order valence-corrected chi connectivity index (χ1v) is 16.3. The zero-order valence-electron chi connectivity index (χ0n) is 25.7. The maximum atomic E-state index is 13.9. The van der Waals surface area contributed by atoms with Crippen LogP contribution in [0.2, 0.25) is 0 Å². The van der Waals surface area contributed by atoms with E-state index >= 15 is 0 Å². The summed E-state index contributed by atoms with van der Waals surface area (Å²) in [5.74, 6) is -1.55. The third-order valence-electron chi connectivity index (χ3n) is 8.00. The van der Waals surface area contributed by atoms with Gasteiger partial charge in [-0.2, -0.15) is 0 Å². The average Bonchev–Trinajstić information content (AvgIpc) is 3.34. The van der Waals surface area contributed by atoms with Gasteiger partial charge in [0.05, 0.1) is 32.0 Å². The lowest BCUT2D eigenvalue weighted by Gasteiger charge is -2.23. The summed E-state index contributed by atoms with van der Waals surface area (Å²) in [6, 6.07) is 3.73. The largest absolute Gasteiger partial charge is 0.464 e. The number of nitrogens with one attached hydrogen (secondary N) is 1. The van der Waals surface area contributed by atoms with Crippen molar-refractivity contribution in [3.8, 4) is 0 Å². The minimum atomic E-state index is -0.861. The molecule has 45 heavy (non-hydrogen) atoms. The Morgan fingerprint density at radius 1 is 1.13 bits per heavy atom. The quantitative estimate of drug-likeness (QED) is 0.115. The third kappa shape index (κ3) is 7.07. The maximum Gasteiger partial charge on any atom is 0.332 e. The number of halogens is 2. The SMILES string of the molecule is CCCSc1nc(N[C@@H]2C[C@H]2c2ccc(F)c(F)c2)c2nnn([C@@H]3C[C@H](OCCOCC(=O)OCC)[C@H]4OC(C)(C)O[C@H]43)c2n1. The first-order chi connectivity index (χ1) is 21.7. The molecule has 1 aliphatic heterocycles. The summed E-state index contributed by atoms with van der Waals surface area (Å²) in [6.45, 7) is 8.21. The Bertz CT molecular complexity index is 1530. The molecule has 0 bridgehead atoms. The fourth-order valence-electron chi connectivity index (χ4n) is 5.96. The van der Waals surface area contributed by atoms with Crippen molar-refractivity contribution < 1.29 is 37.3 Å². The monoisotopic (exact) mass is 648 g/mol. The molecule has 1 saturated heterocycles. The fraction of sp³-hybridized carbons (Fsp3) is 0.633. The van der Waals surface area contributed by atoms with Crippen LogP contribution in [0.1, 0.15) is 64.5 Å². The summed E-state index contributed by atoms with van der Waals surface area (Å²) >= 11 is 1.54. The molecule has 6 rings (SSSR count). The van der Waals surface area contributed by atoms with E-state index < -0.39 is 23.4 Å². The van der Waals surface area contributed by atoms with E-state index in [1.54, 1.807) is 29.4 Å². The zero-order valence-corrected chi connectivity index (χ0v) is 26.5. The van der Waals surface area contributed by atoms with E-state index in [9.17, 15) is 13.6 Å². The van der Waals surface area contributed by atoms with Gasteiger partial charge in [-0.15, -0.1) is 5.10 Å². The van der Waals surface area contributed by atoms with Gasteiger partial charge in [-0.05, 0) is 51.3 Å². The van der Waals surface area contributed by atoms with E-state index in [2.05, 4.69) is 22.6 Å². The molecule has 3 heterocycles. The Labute approximate surface area is 263 Å². The Hall–Kier alpha value is -2.98. The van der Waals surface area contributed by atoms with Crippen LogP contribution in [0.4, 0.5) is 14.6 Å². The number of esters is 1. The van der Waals surface area contributed by atoms with E-state index in [1.165, 1.54) is 6.07 Å². The minimum absolute atomic E-state index is 0.0193. The number of nitrogens with zero attached hydrogens (tertiary/aromatic N) is 5. The van der Waals surface area contributed by atoms with E-state index in [1.807, 2.05) is 13.8 Å². The van der Waals surface area contributed by atoms with Gasteiger partial charge < -0.3 is 29.0 Å². The van der Waals surface area contributed by atoms with Crippen LogP contribution in [-0.2, 0) is 28.5 Å². The van der Waals surface area contributed by atoms with Crippen LogP contribution in [0, 0.1) is 11.6 Å². The van der Waals surface area contributed by atoms with E-state index in [-0.39, 0.29) is 56.1 Å². The molecular weight excluding hydrogens is 610 g/mol. The van der Waals surface area contributed by atoms with Crippen molar-refractivity contribution >= 4 is 34.7 Å². The topological polar surface area (TPSA) is 132 Å². The highest BCUT2D eigenvalue weighted by Crippen LogP contribution is 2.47. The minimum Gasteiger partial charge on any atom is -0.464 e. The summed E-state index contributed by atoms with van der Waals surface area (Å²) in [4.78, 5) is 21.2. The van der Waals surface area contributed by atoms with Gasteiger partial charge >= 0.3 is 5.97 Å². The number of ether oxygens (including phenoxy) is 5. The number of rotatable bonds is 14. The summed E-state index contributed by atoms with van der Waals surface area (Å²) in [5.41, 5.74) is 1.81. The Balaban J connectivity index is 1.21. The van der Waals surface area contributed by atoms with Crippen molar-refractivity contribution in [2.24, 2.45) is 0 Å². The lowest BCUT2D eigenvalue weighted by Crippen LogP contribution is -2.32. The van der Waals surface area contributed by atoms with Crippen molar-refractivity contribution in [3.63, 3.8) is 0 Å². The lowest BCUT2D eigenvalue weighted by molar-refractivity contribution is -0.172. The number of thioether (sulfide) groups is 1. The van der Waals surface area contributed by atoms with Crippen molar-refractivity contribution in [1.29, 1.82) is 0 Å². The molecule has 12 nitrogen and oxygen atoms in total. The van der Waals surface area contributed by atoms with Crippen LogP contribution in [0.25, 0.3) is 11.2 Å². The Morgan fingerprint density at radius 3 is 2.73 bits per heavy atom. The maximum absolute atomic E-state index is 13.9. The second-order valence-corrected chi connectivity index (χ2v) is 12.9. The van der Waals surface area contributed by atoms with Gasteiger partial charge in [-0.25, -0.2) is 28.2 Å². The number of carbonyl (C=O) groups is 1. The number of hydrogen-bond acceptors (Lipinski definition) is 12. The highest BCUT2D eigenvalue weighted by atomic mass is 32.2. The highest BCUT2D eigenvalue weighted by Gasteiger charge is 2.56. The summed E-state index contributed by atoms with van der Waals surface area (Å²) in [7, 11) is 0. The molecule has 3 aliphatic rings. The molecule has 0 amide bonds. The Morgan fingerprint density at radius 2 is 1.96 bits per heavy atom. The summed E-state index contributed by atoms with van der Waals surface area (Å²) in [6.07, 6.45) is 1.19. The van der Waals surface area contributed by atoms with Gasteiger partial charge in [0, 0.05) is 24.1 Å². The van der Waals surface area contributed by atoms with Crippen LogP contribution in [0.15, 0.2) is 23.4 Å². The molecule has 6 atom stereocenters. The second kappa shape index (κ2) is 13.4. The van der Waals surface area contributed by atoms with Gasteiger partial charge in [-0.3, -0.25) is 0 Å². The molecule has 1 N–H and O–H groups in total. The average molecular weight is 649 g/mol. The van der Waals surface area contributed by atoms with Gasteiger partial charge in [0.25, 0.3) is 0 Å². The predicted octanol–water partition coefficient (Wildman–Crippen LogP) is 4.40. The zero-order chi connectivity index (χ0) is 31.7. The fourth-order valence-corrected chi connectivity index (χ4v) is 6.65. The van der Waals surface area contributed by atoms with Crippen LogP contribution >= 0.6 is 11.8 Å². The lowest BCUT2D eigenvalue weighted by atomic mass is 10.1. The van der Waals surface area contributed by atoms with Crippen LogP contribution in [-0.4, -0.2) is 93.3 Å². The number of benzene rings is 1.